The van der Waals surface area contributed by atoms with Crippen LogP contribution in [-0.4, -0.2) is 44.8 Å². The molecule has 2 rings (SSSR count). The van der Waals surface area contributed by atoms with Gasteiger partial charge in [-0.2, -0.15) is 0 Å². The van der Waals surface area contributed by atoms with E-state index >= 15 is 0 Å². The number of halogens is 1. The topological polar surface area (TPSA) is 76.7 Å². The molecule has 1 amide bonds. The van der Waals surface area contributed by atoms with Crippen LogP contribution in [0.4, 0.5) is 5.69 Å². The van der Waals surface area contributed by atoms with Gasteiger partial charge in [0, 0.05) is 25.2 Å². The van der Waals surface area contributed by atoms with Gasteiger partial charge in [-0.15, -0.1) is 12.4 Å². The number of hydrogen-bond donors (Lipinski definition) is 2. The van der Waals surface area contributed by atoms with Gasteiger partial charge in [0.15, 0.2) is 0 Å². The van der Waals surface area contributed by atoms with E-state index in [0.29, 0.717) is 26.0 Å². The van der Waals surface area contributed by atoms with Gasteiger partial charge >= 0.3 is 5.97 Å². The largest absolute Gasteiger partial charge is 0.469 e. The second kappa shape index (κ2) is 9.40. The molecule has 1 atom stereocenters. The lowest BCUT2D eigenvalue weighted by Gasteiger charge is -2.22. The average molecular weight is 329 g/mol. The number of benzene rings is 1. The van der Waals surface area contributed by atoms with Crippen LogP contribution in [0.25, 0.3) is 0 Å². The molecule has 2 N–H and O–H groups in total. The highest BCUT2D eigenvalue weighted by Crippen LogP contribution is 2.12. The predicted molar refractivity (Wildman–Crippen MR) is 85.3 cm³/mol. The number of anilines is 1. The first-order valence-electron chi connectivity index (χ1n) is 6.98. The van der Waals surface area contributed by atoms with E-state index in [1.165, 1.54) is 7.11 Å². The number of carbonyl (C=O) groups is 2. The molecule has 0 saturated carbocycles. The molecule has 0 aromatic heterocycles. The molecular weight excluding hydrogens is 308 g/mol. The van der Waals surface area contributed by atoms with Gasteiger partial charge in [-0.25, -0.2) is 0 Å². The summed E-state index contributed by atoms with van der Waals surface area (Å²) >= 11 is 0. The SMILES string of the molecule is COC(=O)CCc1ccc(NC(=O)C2CNCCO2)cc1.Cl. The Hall–Kier alpha value is -1.63. The van der Waals surface area contributed by atoms with Crippen molar-refractivity contribution in [3.05, 3.63) is 29.8 Å². The molecule has 0 radical (unpaired) electrons. The third-order valence-corrected chi connectivity index (χ3v) is 3.29. The minimum Gasteiger partial charge on any atom is -0.469 e. The summed E-state index contributed by atoms with van der Waals surface area (Å²) in [5.74, 6) is -0.376. The molecule has 6 nitrogen and oxygen atoms in total. The zero-order chi connectivity index (χ0) is 15.1. The molecule has 1 unspecified atom stereocenters. The summed E-state index contributed by atoms with van der Waals surface area (Å²) in [7, 11) is 1.38. The Morgan fingerprint density at radius 2 is 2.09 bits per heavy atom. The smallest absolute Gasteiger partial charge is 0.305 e. The normalized spacial score (nSPS) is 17.2. The lowest BCUT2D eigenvalue weighted by molar-refractivity contribution is -0.140. The van der Waals surface area contributed by atoms with E-state index in [-0.39, 0.29) is 24.3 Å². The van der Waals surface area contributed by atoms with Crippen molar-refractivity contribution in [2.45, 2.75) is 18.9 Å². The van der Waals surface area contributed by atoms with E-state index in [1.54, 1.807) is 0 Å². The third kappa shape index (κ3) is 5.63. The quantitative estimate of drug-likeness (QED) is 0.793. The van der Waals surface area contributed by atoms with Gasteiger partial charge in [0.1, 0.15) is 6.10 Å². The fourth-order valence-corrected chi connectivity index (χ4v) is 2.06. The number of morpholine rings is 1. The average Bonchev–Trinajstić information content (AvgIpc) is 2.54. The Bertz CT molecular complexity index is 487. The van der Waals surface area contributed by atoms with Crippen LogP contribution in [0.5, 0.6) is 0 Å². The van der Waals surface area contributed by atoms with Crippen LogP contribution in [0.2, 0.25) is 0 Å². The van der Waals surface area contributed by atoms with Gasteiger partial charge in [0.2, 0.25) is 0 Å². The zero-order valence-corrected chi connectivity index (χ0v) is 13.3. The second-order valence-electron chi connectivity index (χ2n) is 4.83. The van der Waals surface area contributed by atoms with E-state index < -0.39 is 6.10 Å². The standard InChI is InChI=1S/C15H20N2O4.ClH/c1-20-14(18)7-4-11-2-5-12(6-3-11)17-15(19)13-10-16-8-9-21-13;/h2-3,5-6,13,16H,4,7-10H2,1H3,(H,17,19);1H. The second-order valence-corrected chi connectivity index (χ2v) is 4.83. The first-order chi connectivity index (χ1) is 10.2. The minimum atomic E-state index is -0.447. The Morgan fingerprint density at radius 3 is 2.68 bits per heavy atom. The number of rotatable bonds is 5. The van der Waals surface area contributed by atoms with E-state index in [2.05, 4.69) is 15.4 Å². The number of aryl methyl sites for hydroxylation is 1. The Balaban J connectivity index is 0.00000242. The number of nitrogens with one attached hydrogen (secondary N) is 2. The zero-order valence-electron chi connectivity index (χ0n) is 12.5. The van der Waals surface area contributed by atoms with Crippen LogP contribution < -0.4 is 10.6 Å². The summed E-state index contributed by atoms with van der Waals surface area (Å²) in [6.07, 6.45) is 0.526. The molecule has 1 heterocycles. The molecule has 7 heteroatoms. The maximum absolute atomic E-state index is 12.0. The first kappa shape index (κ1) is 18.4. The third-order valence-electron chi connectivity index (χ3n) is 3.29. The molecule has 0 aliphatic carbocycles. The van der Waals surface area contributed by atoms with Gasteiger partial charge in [-0.1, -0.05) is 12.1 Å². The van der Waals surface area contributed by atoms with Crippen molar-refractivity contribution in [1.82, 2.24) is 5.32 Å². The number of amides is 1. The Labute approximate surface area is 136 Å². The van der Waals surface area contributed by atoms with Crippen molar-refractivity contribution in [3.8, 4) is 0 Å². The highest BCUT2D eigenvalue weighted by atomic mass is 35.5. The number of hydrogen-bond acceptors (Lipinski definition) is 5. The van der Waals surface area contributed by atoms with Crippen molar-refractivity contribution in [1.29, 1.82) is 0 Å². The number of methoxy groups -OCH3 is 1. The van der Waals surface area contributed by atoms with Crippen molar-refractivity contribution < 1.29 is 19.1 Å². The van der Waals surface area contributed by atoms with Crippen LogP contribution in [0.15, 0.2) is 24.3 Å². The summed E-state index contributed by atoms with van der Waals surface area (Å²) in [5.41, 5.74) is 1.74. The van der Waals surface area contributed by atoms with Gasteiger partial charge in [0.25, 0.3) is 5.91 Å². The molecule has 1 aromatic rings. The van der Waals surface area contributed by atoms with Gasteiger partial charge in [-0.05, 0) is 24.1 Å². The highest BCUT2D eigenvalue weighted by Gasteiger charge is 2.21. The van der Waals surface area contributed by atoms with Crippen LogP contribution in [0, 0.1) is 0 Å². The van der Waals surface area contributed by atoms with Crippen molar-refractivity contribution in [2.24, 2.45) is 0 Å². The fraction of sp³-hybridized carbons (Fsp3) is 0.467. The number of carbonyl (C=O) groups excluding carboxylic acids is 2. The Kier molecular flexibility index (Phi) is 7.87. The maximum Gasteiger partial charge on any atom is 0.305 e. The van der Waals surface area contributed by atoms with E-state index in [1.807, 2.05) is 24.3 Å². The molecule has 0 bridgehead atoms. The van der Waals surface area contributed by atoms with E-state index in [9.17, 15) is 9.59 Å². The minimum absolute atomic E-state index is 0. The first-order valence-corrected chi connectivity index (χ1v) is 6.98. The van der Waals surface area contributed by atoms with Gasteiger partial charge < -0.3 is 20.1 Å². The van der Waals surface area contributed by atoms with Crippen LogP contribution in [-0.2, 0) is 25.5 Å². The van der Waals surface area contributed by atoms with Crippen LogP contribution in [0.1, 0.15) is 12.0 Å². The Morgan fingerprint density at radius 1 is 1.36 bits per heavy atom. The highest BCUT2D eigenvalue weighted by molar-refractivity contribution is 5.94. The number of esters is 1. The maximum atomic E-state index is 12.0. The van der Waals surface area contributed by atoms with Crippen molar-refractivity contribution >= 4 is 30.0 Å². The fourth-order valence-electron chi connectivity index (χ4n) is 2.06. The number of ether oxygens (including phenoxy) is 2. The summed E-state index contributed by atoms with van der Waals surface area (Å²) in [6, 6.07) is 7.42. The molecule has 22 heavy (non-hydrogen) atoms. The van der Waals surface area contributed by atoms with E-state index in [4.69, 9.17) is 4.74 Å². The summed E-state index contributed by atoms with van der Waals surface area (Å²) in [6.45, 7) is 1.85. The van der Waals surface area contributed by atoms with Gasteiger partial charge in [0.05, 0.1) is 13.7 Å². The van der Waals surface area contributed by atoms with E-state index in [0.717, 1.165) is 17.8 Å². The van der Waals surface area contributed by atoms with Crippen LogP contribution >= 0.6 is 12.4 Å². The van der Waals surface area contributed by atoms with Crippen LogP contribution in [0.3, 0.4) is 0 Å². The molecule has 0 spiro atoms. The van der Waals surface area contributed by atoms with Gasteiger partial charge in [-0.3, -0.25) is 9.59 Å². The molecule has 1 aliphatic rings. The lowest BCUT2D eigenvalue weighted by Crippen LogP contribution is -2.45. The predicted octanol–water partition coefficient (Wildman–Crippen LogP) is 1.14. The molecule has 1 aromatic carbocycles. The summed E-state index contributed by atoms with van der Waals surface area (Å²) in [5, 5.41) is 5.93. The molecule has 1 saturated heterocycles. The molecule has 1 aliphatic heterocycles. The molecule has 122 valence electrons. The van der Waals surface area contributed by atoms with Crippen molar-refractivity contribution in [2.75, 3.05) is 32.1 Å². The molecular formula is C15H21ClN2O4. The summed E-state index contributed by atoms with van der Waals surface area (Å²) < 4.78 is 9.99. The van der Waals surface area contributed by atoms with Crippen molar-refractivity contribution in [3.63, 3.8) is 0 Å². The molecule has 1 fully saturated rings. The lowest BCUT2D eigenvalue weighted by atomic mass is 10.1. The monoisotopic (exact) mass is 328 g/mol. The summed E-state index contributed by atoms with van der Waals surface area (Å²) in [4.78, 5) is 23.0.